The standard InChI is InChI=1S/C33H45N5O/c1-5-24-12-9-13-25(6-2)30(24)31-35-23(3)28(32(36-31)38-19-17-33(39,22-34)18-20-38)21-37(4)29-16-10-14-26-11-7-8-15-27(26)29/h7-9,11-13,15,29,39H,5-6,10,14,16-22,34H2,1-4H3/t29-/m0/s1. The maximum atomic E-state index is 10.9. The molecule has 2 aliphatic rings. The molecule has 1 aliphatic carbocycles. The summed E-state index contributed by atoms with van der Waals surface area (Å²) < 4.78 is 0. The Labute approximate surface area is 234 Å². The number of fused-ring (bicyclic) bond motifs is 1. The van der Waals surface area contributed by atoms with Crippen LogP contribution in [0.5, 0.6) is 0 Å². The Bertz CT molecular complexity index is 1270. The van der Waals surface area contributed by atoms with Gasteiger partial charge in [0.2, 0.25) is 0 Å². The van der Waals surface area contributed by atoms with E-state index in [2.05, 4.69) is 80.1 Å². The molecule has 0 radical (unpaired) electrons. The SMILES string of the molecule is CCc1cccc(CC)c1-c1nc(C)c(CN(C)[C@H]2CCCc3ccccc32)c(N2CCC(O)(CN)CC2)n1. The molecule has 0 amide bonds. The first-order valence-corrected chi connectivity index (χ1v) is 14.8. The maximum Gasteiger partial charge on any atom is 0.162 e. The first-order chi connectivity index (χ1) is 18.9. The van der Waals surface area contributed by atoms with Crippen molar-refractivity contribution in [1.82, 2.24) is 14.9 Å². The Morgan fingerprint density at radius 1 is 1.03 bits per heavy atom. The molecule has 0 unspecified atom stereocenters. The van der Waals surface area contributed by atoms with Crippen LogP contribution in [0.2, 0.25) is 0 Å². The van der Waals surface area contributed by atoms with Crippen molar-refractivity contribution in [2.45, 2.75) is 83.9 Å². The summed E-state index contributed by atoms with van der Waals surface area (Å²) in [5, 5.41) is 10.9. The van der Waals surface area contributed by atoms with E-state index in [-0.39, 0.29) is 0 Å². The lowest BCUT2D eigenvalue weighted by Gasteiger charge is -2.39. The predicted molar refractivity (Wildman–Crippen MR) is 160 cm³/mol. The number of anilines is 1. The Balaban J connectivity index is 1.56. The molecule has 1 fully saturated rings. The van der Waals surface area contributed by atoms with E-state index >= 15 is 0 Å². The average molecular weight is 528 g/mol. The summed E-state index contributed by atoms with van der Waals surface area (Å²) in [6, 6.07) is 15.9. The van der Waals surface area contributed by atoms with Gasteiger partial charge < -0.3 is 15.7 Å². The fourth-order valence-electron chi connectivity index (χ4n) is 6.55. The zero-order chi connectivity index (χ0) is 27.6. The number of aryl methyl sites for hydroxylation is 4. The number of piperidine rings is 1. The molecule has 1 saturated heterocycles. The van der Waals surface area contributed by atoms with Gasteiger partial charge in [-0.15, -0.1) is 0 Å². The number of rotatable bonds is 8. The second-order valence-corrected chi connectivity index (χ2v) is 11.5. The van der Waals surface area contributed by atoms with Gasteiger partial charge in [0, 0.05) is 49.0 Å². The molecule has 5 rings (SSSR count). The Morgan fingerprint density at radius 2 is 1.72 bits per heavy atom. The number of nitrogens with two attached hydrogens (primary N) is 1. The van der Waals surface area contributed by atoms with Crippen LogP contribution in [0.3, 0.4) is 0 Å². The van der Waals surface area contributed by atoms with Gasteiger partial charge in [-0.25, -0.2) is 9.97 Å². The van der Waals surface area contributed by atoms with Gasteiger partial charge in [-0.3, -0.25) is 4.90 Å². The topological polar surface area (TPSA) is 78.5 Å². The van der Waals surface area contributed by atoms with Gasteiger partial charge in [-0.05, 0) is 81.2 Å². The third-order valence-corrected chi connectivity index (χ3v) is 9.07. The summed E-state index contributed by atoms with van der Waals surface area (Å²) in [4.78, 5) is 15.4. The van der Waals surface area contributed by atoms with E-state index in [1.165, 1.54) is 39.8 Å². The number of aromatic nitrogens is 2. The maximum absolute atomic E-state index is 10.9. The Kier molecular flexibility index (Phi) is 8.36. The molecule has 0 bridgehead atoms. The molecule has 3 N–H and O–H groups in total. The number of hydrogen-bond acceptors (Lipinski definition) is 6. The molecular weight excluding hydrogens is 482 g/mol. The summed E-state index contributed by atoms with van der Waals surface area (Å²) in [5.41, 5.74) is 14.1. The van der Waals surface area contributed by atoms with Crippen molar-refractivity contribution in [3.63, 3.8) is 0 Å². The van der Waals surface area contributed by atoms with Gasteiger partial charge >= 0.3 is 0 Å². The molecule has 39 heavy (non-hydrogen) atoms. The second kappa shape index (κ2) is 11.7. The summed E-state index contributed by atoms with van der Waals surface area (Å²) in [7, 11) is 2.24. The van der Waals surface area contributed by atoms with Crippen molar-refractivity contribution in [1.29, 1.82) is 0 Å². The third-order valence-electron chi connectivity index (χ3n) is 9.07. The molecule has 3 aromatic rings. The van der Waals surface area contributed by atoms with Crippen molar-refractivity contribution < 1.29 is 5.11 Å². The highest BCUT2D eigenvalue weighted by atomic mass is 16.3. The minimum Gasteiger partial charge on any atom is -0.388 e. The van der Waals surface area contributed by atoms with Crippen molar-refractivity contribution >= 4 is 5.82 Å². The fourth-order valence-corrected chi connectivity index (χ4v) is 6.55. The van der Waals surface area contributed by atoms with Gasteiger partial charge in [-0.1, -0.05) is 56.3 Å². The lowest BCUT2D eigenvalue weighted by atomic mass is 9.87. The average Bonchev–Trinajstić information content (AvgIpc) is 2.97. The normalized spacial score (nSPS) is 18.8. The molecule has 6 nitrogen and oxygen atoms in total. The third kappa shape index (κ3) is 5.60. The monoisotopic (exact) mass is 527 g/mol. The van der Waals surface area contributed by atoms with Gasteiger partial charge in [0.1, 0.15) is 5.82 Å². The van der Waals surface area contributed by atoms with Crippen molar-refractivity contribution in [3.8, 4) is 11.4 Å². The van der Waals surface area contributed by atoms with Crippen LogP contribution in [-0.2, 0) is 25.8 Å². The molecule has 1 aliphatic heterocycles. The predicted octanol–water partition coefficient (Wildman–Crippen LogP) is 5.38. The molecule has 2 aromatic carbocycles. The van der Waals surface area contributed by atoms with E-state index in [9.17, 15) is 5.11 Å². The van der Waals surface area contributed by atoms with Crippen LogP contribution in [0.25, 0.3) is 11.4 Å². The summed E-state index contributed by atoms with van der Waals surface area (Å²) in [5.74, 6) is 1.84. The van der Waals surface area contributed by atoms with Gasteiger partial charge in [0.05, 0.1) is 5.60 Å². The lowest BCUT2D eigenvalue weighted by molar-refractivity contribution is 0.0248. The molecule has 0 saturated carbocycles. The smallest absolute Gasteiger partial charge is 0.162 e. The number of nitrogens with zero attached hydrogens (tertiary/aromatic N) is 4. The number of aliphatic hydroxyl groups is 1. The van der Waals surface area contributed by atoms with E-state index in [4.69, 9.17) is 15.7 Å². The van der Waals surface area contributed by atoms with Crippen LogP contribution < -0.4 is 10.6 Å². The Hall–Kier alpha value is -2.80. The second-order valence-electron chi connectivity index (χ2n) is 11.5. The van der Waals surface area contributed by atoms with Crippen LogP contribution in [0.15, 0.2) is 42.5 Å². The molecule has 1 atom stereocenters. The van der Waals surface area contributed by atoms with Crippen LogP contribution in [-0.4, -0.2) is 52.3 Å². The number of benzene rings is 2. The van der Waals surface area contributed by atoms with E-state index < -0.39 is 5.60 Å². The molecule has 0 spiro atoms. The minimum absolute atomic E-state index is 0.301. The van der Waals surface area contributed by atoms with Crippen molar-refractivity contribution in [2.75, 3.05) is 31.6 Å². The lowest BCUT2D eigenvalue weighted by Crippen LogP contribution is -2.49. The van der Waals surface area contributed by atoms with Gasteiger partial charge in [0.25, 0.3) is 0 Å². The van der Waals surface area contributed by atoms with E-state index in [0.717, 1.165) is 62.7 Å². The highest BCUT2D eigenvalue weighted by molar-refractivity contribution is 5.68. The Morgan fingerprint density at radius 3 is 2.38 bits per heavy atom. The van der Waals surface area contributed by atoms with Gasteiger partial charge in [0.15, 0.2) is 5.82 Å². The minimum atomic E-state index is -0.783. The van der Waals surface area contributed by atoms with Gasteiger partial charge in [-0.2, -0.15) is 0 Å². The quantitative estimate of drug-likeness (QED) is 0.410. The van der Waals surface area contributed by atoms with Crippen molar-refractivity contribution in [3.05, 3.63) is 76.0 Å². The summed E-state index contributed by atoms with van der Waals surface area (Å²) >= 11 is 0. The summed E-state index contributed by atoms with van der Waals surface area (Å²) in [6.07, 6.45) is 6.73. The zero-order valence-corrected chi connectivity index (χ0v) is 24.2. The van der Waals surface area contributed by atoms with Crippen LogP contribution >= 0.6 is 0 Å². The number of hydrogen-bond donors (Lipinski definition) is 2. The highest BCUT2D eigenvalue weighted by Gasteiger charge is 2.33. The molecule has 6 heteroatoms. The summed E-state index contributed by atoms with van der Waals surface area (Å²) in [6.45, 7) is 9.12. The molecule has 2 heterocycles. The zero-order valence-electron chi connectivity index (χ0n) is 24.2. The van der Waals surface area contributed by atoms with Crippen molar-refractivity contribution in [2.24, 2.45) is 5.73 Å². The first kappa shape index (κ1) is 27.8. The van der Waals surface area contributed by atoms with E-state index in [0.29, 0.717) is 25.4 Å². The van der Waals surface area contributed by atoms with Crippen LogP contribution in [0.1, 0.15) is 79.1 Å². The van der Waals surface area contributed by atoms with Crippen LogP contribution in [0.4, 0.5) is 5.82 Å². The molecule has 208 valence electrons. The van der Waals surface area contributed by atoms with E-state index in [1.54, 1.807) is 0 Å². The first-order valence-electron chi connectivity index (χ1n) is 14.8. The molecule has 1 aromatic heterocycles. The highest BCUT2D eigenvalue weighted by Crippen LogP contribution is 2.37. The van der Waals surface area contributed by atoms with Crippen LogP contribution in [0, 0.1) is 6.92 Å². The molecular formula is C33H45N5O. The largest absolute Gasteiger partial charge is 0.388 e. The fraction of sp³-hybridized carbons (Fsp3) is 0.515. The van der Waals surface area contributed by atoms with E-state index in [1.807, 2.05) is 0 Å².